The molecule has 1 aromatic heterocycles. The van der Waals surface area contributed by atoms with Crippen molar-refractivity contribution < 1.29 is 8.42 Å². The minimum Gasteiger partial charge on any atom is -0.313 e. The second-order valence-electron chi connectivity index (χ2n) is 5.99. The van der Waals surface area contributed by atoms with Crippen LogP contribution in [0.3, 0.4) is 0 Å². The molecule has 6 heteroatoms. The van der Waals surface area contributed by atoms with Gasteiger partial charge in [0.05, 0.1) is 0 Å². The molecule has 2 rings (SSSR count). The van der Waals surface area contributed by atoms with Crippen molar-refractivity contribution in [2.75, 3.05) is 6.54 Å². The second-order valence-corrected chi connectivity index (χ2v) is 8.84. The Morgan fingerprint density at radius 2 is 2.10 bits per heavy atom. The highest BCUT2D eigenvalue weighted by atomic mass is 32.2. The summed E-state index contributed by atoms with van der Waals surface area (Å²) in [6, 6.07) is 1.88. The fraction of sp³-hybridized carbons (Fsp3) is 0.733. The number of hydrogen-bond acceptors (Lipinski definition) is 4. The van der Waals surface area contributed by atoms with Gasteiger partial charge in [-0.2, -0.15) is 0 Å². The minimum atomic E-state index is -3.36. The Kier molecular flexibility index (Phi) is 6.22. The number of thiophene rings is 1. The first-order valence-corrected chi connectivity index (χ1v) is 10.2. The fourth-order valence-corrected chi connectivity index (χ4v) is 5.27. The normalized spacial score (nSPS) is 23.9. The molecule has 0 saturated heterocycles. The highest BCUT2D eigenvalue weighted by Gasteiger charge is 2.23. The van der Waals surface area contributed by atoms with Gasteiger partial charge in [0, 0.05) is 12.6 Å². The summed E-state index contributed by atoms with van der Waals surface area (Å²) < 4.78 is 28.3. The Balaban J connectivity index is 1.99. The first-order chi connectivity index (χ1) is 10.0. The van der Waals surface area contributed by atoms with Crippen LogP contribution in [0.4, 0.5) is 0 Å². The first kappa shape index (κ1) is 16.9. The molecule has 120 valence electrons. The molecule has 4 nitrogen and oxygen atoms in total. The summed E-state index contributed by atoms with van der Waals surface area (Å²) in [7, 11) is -3.36. The largest absolute Gasteiger partial charge is 0.313 e. The standard InChI is InChI=1S/C15H26N2O2S2/c1-3-16-10-13-9-15(20-11-13)21(18,19)17-14-6-4-5-12(2)7-8-14/h9,11-12,14,16-17H,3-8,10H2,1-2H3. The van der Waals surface area contributed by atoms with E-state index in [1.807, 2.05) is 12.3 Å². The Labute approximate surface area is 132 Å². The van der Waals surface area contributed by atoms with Gasteiger partial charge in [-0.25, -0.2) is 13.1 Å². The van der Waals surface area contributed by atoms with Gasteiger partial charge >= 0.3 is 0 Å². The average molecular weight is 331 g/mol. The Morgan fingerprint density at radius 1 is 1.29 bits per heavy atom. The first-order valence-electron chi connectivity index (χ1n) is 7.81. The van der Waals surface area contributed by atoms with E-state index in [0.717, 1.165) is 44.3 Å². The van der Waals surface area contributed by atoms with E-state index in [1.54, 1.807) is 6.07 Å². The zero-order valence-electron chi connectivity index (χ0n) is 12.9. The van der Waals surface area contributed by atoms with Gasteiger partial charge in [-0.15, -0.1) is 11.3 Å². The quantitative estimate of drug-likeness (QED) is 0.788. The summed E-state index contributed by atoms with van der Waals surface area (Å²) in [5, 5.41) is 5.14. The van der Waals surface area contributed by atoms with E-state index in [0.29, 0.717) is 10.1 Å². The molecule has 2 atom stereocenters. The van der Waals surface area contributed by atoms with Crippen molar-refractivity contribution in [3.63, 3.8) is 0 Å². The van der Waals surface area contributed by atoms with Gasteiger partial charge in [0.15, 0.2) is 0 Å². The highest BCUT2D eigenvalue weighted by molar-refractivity contribution is 7.91. The van der Waals surface area contributed by atoms with Crippen molar-refractivity contribution in [2.45, 2.75) is 62.7 Å². The zero-order chi connectivity index (χ0) is 15.3. The molecule has 0 amide bonds. The maximum atomic E-state index is 12.5. The molecule has 0 radical (unpaired) electrons. The number of hydrogen-bond donors (Lipinski definition) is 2. The molecule has 0 aromatic carbocycles. The lowest BCUT2D eigenvalue weighted by Crippen LogP contribution is -2.34. The van der Waals surface area contributed by atoms with E-state index >= 15 is 0 Å². The van der Waals surface area contributed by atoms with Gasteiger partial charge in [0.1, 0.15) is 4.21 Å². The molecule has 21 heavy (non-hydrogen) atoms. The number of sulfonamides is 1. The lowest BCUT2D eigenvalue weighted by molar-refractivity contribution is 0.485. The van der Waals surface area contributed by atoms with Crippen LogP contribution in [0.5, 0.6) is 0 Å². The second kappa shape index (κ2) is 7.72. The predicted octanol–water partition coefficient (Wildman–Crippen LogP) is 3.10. The van der Waals surface area contributed by atoms with Crippen LogP contribution in [0.1, 0.15) is 51.5 Å². The third-order valence-corrected chi connectivity index (χ3v) is 7.06. The van der Waals surface area contributed by atoms with Crippen LogP contribution >= 0.6 is 11.3 Å². The Morgan fingerprint density at radius 3 is 2.86 bits per heavy atom. The maximum absolute atomic E-state index is 12.5. The number of rotatable bonds is 6. The van der Waals surface area contributed by atoms with Crippen molar-refractivity contribution >= 4 is 21.4 Å². The van der Waals surface area contributed by atoms with Gasteiger partial charge in [-0.3, -0.25) is 0 Å². The van der Waals surface area contributed by atoms with Crippen LogP contribution in [0, 0.1) is 5.92 Å². The van der Waals surface area contributed by atoms with Crippen LogP contribution in [-0.2, 0) is 16.6 Å². The molecule has 1 aliphatic rings. The van der Waals surface area contributed by atoms with Crippen LogP contribution in [0.2, 0.25) is 0 Å². The van der Waals surface area contributed by atoms with E-state index in [1.165, 1.54) is 17.8 Å². The molecular weight excluding hydrogens is 304 g/mol. The Bertz CT molecular complexity index is 540. The van der Waals surface area contributed by atoms with Crippen molar-refractivity contribution in [1.82, 2.24) is 10.0 Å². The lowest BCUT2D eigenvalue weighted by atomic mass is 10.0. The topological polar surface area (TPSA) is 58.2 Å². The van der Waals surface area contributed by atoms with Gasteiger partial charge < -0.3 is 5.32 Å². The SMILES string of the molecule is CCNCc1csc(S(=O)(=O)NC2CCCC(C)CC2)c1. The molecule has 2 N–H and O–H groups in total. The summed E-state index contributed by atoms with van der Waals surface area (Å²) in [6.07, 6.45) is 5.35. The average Bonchev–Trinajstić information content (AvgIpc) is 2.83. The zero-order valence-corrected chi connectivity index (χ0v) is 14.5. The van der Waals surface area contributed by atoms with Gasteiger partial charge in [0.2, 0.25) is 10.0 Å². The van der Waals surface area contributed by atoms with Crippen molar-refractivity contribution in [3.05, 3.63) is 17.0 Å². The third kappa shape index (κ3) is 5.06. The summed E-state index contributed by atoms with van der Waals surface area (Å²) in [6.45, 7) is 5.90. The molecule has 1 heterocycles. The molecular formula is C15H26N2O2S2. The smallest absolute Gasteiger partial charge is 0.250 e. The molecule has 0 bridgehead atoms. The predicted molar refractivity (Wildman–Crippen MR) is 88.1 cm³/mol. The summed E-state index contributed by atoms with van der Waals surface area (Å²) >= 11 is 1.31. The van der Waals surface area contributed by atoms with E-state index in [4.69, 9.17) is 0 Å². The summed E-state index contributed by atoms with van der Waals surface area (Å²) in [5.41, 5.74) is 1.04. The van der Waals surface area contributed by atoms with Crippen molar-refractivity contribution in [2.24, 2.45) is 5.92 Å². The van der Waals surface area contributed by atoms with Gasteiger partial charge in [-0.05, 0) is 48.7 Å². The van der Waals surface area contributed by atoms with Crippen LogP contribution in [-0.4, -0.2) is 21.0 Å². The molecule has 1 aromatic rings. The van der Waals surface area contributed by atoms with Crippen LogP contribution < -0.4 is 10.0 Å². The summed E-state index contributed by atoms with van der Waals surface area (Å²) in [5.74, 6) is 0.716. The number of nitrogens with one attached hydrogen (secondary N) is 2. The van der Waals surface area contributed by atoms with Crippen LogP contribution in [0.25, 0.3) is 0 Å². The molecule has 2 unspecified atom stereocenters. The summed E-state index contributed by atoms with van der Waals surface area (Å²) in [4.78, 5) is 0. The van der Waals surface area contributed by atoms with E-state index in [2.05, 4.69) is 17.0 Å². The molecule has 1 aliphatic carbocycles. The fourth-order valence-electron chi connectivity index (χ4n) is 2.74. The maximum Gasteiger partial charge on any atom is 0.250 e. The third-order valence-electron chi connectivity index (χ3n) is 4.05. The van der Waals surface area contributed by atoms with Gasteiger partial charge in [0.25, 0.3) is 0 Å². The molecule has 0 spiro atoms. The van der Waals surface area contributed by atoms with Gasteiger partial charge in [-0.1, -0.05) is 26.7 Å². The molecule has 1 fully saturated rings. The van der Waals surface area contributed by atoms with Crippen molar-refractivity contribution in [1.29, 1.82) is 0 Å². The highest BCUT2D eigenvalue weighted by Crippen LogP contribution is 2.25. The molecule has 0 aliphatic heterocycles. The lowest BCUT2D eigenvalue weighted by Gasteiger charge is -2.15. The minimum absolute atomic E-state index is 0.0965. The van der Waals surface area contributed by atoms with E-state index < -0.39 is 10.0 Å². The monoisotopic (exact) mass is 330 g/mol. The Hall–Kier alpha value is -0.430. The van der Waals surface area contributed by atoms with Crippen LogP contribution in [0.15, 0.2) is 15.7 Å². The van der Waals surface area contributed by atoms with E-state index in [9.17, 15) is 8.42 Å². The van der Waals surface area contributed by atoms with E-state index in [-0.39, 0.29) is 6.04 Å². The molecule has 1 saturated carbocycles. The van der Waals surface area contributed by atoms with Crippen molar-refractivity contribution in [3.8, 4) is 0 Å².